The van der Waals surface area contributed by atoms with Crippen LogP contribution in [-0.2, 0) is 30.4 Å². The highest BCUT2D eigenvalue weighted by molar-refractivity contribution is 6.01. The van der Waals surface area contributed by atoms with Crippen LogP contribution in [0.5, 0.6) is 0 Å². The molecular weight excluding hydrogens is 476 g/mol. The van der Waals surface area contributed by atoms with E-state index < -0.39 is 0 Å². The van der Waals surface area contributed by atoms with Crippen LogP contribution in [0.4, 0.5) is 0 Å². The summed E-state index contributed by atoms with van der Waals surface area (Å²) in [7, 11) is 1.48. The number of carbonyl (C=O) groups is 2. The molecule has 1 aromatic rings. The number of allylic oxidation sites excluding steroid dienone is 3. The van der Waals surface area contributed by atoms with Crippen LogP contribution in [0.1, 0.15) is 71.3 Å². The quantitative estimate of drug-likeness (QED) is 0.207. The summed E-state index contributed by atoms with van der Waals surface area (Å²) in [5.74, 6) is 2.51. The molecule has 0 spiro atoms. The molecule has 5 rings (SSSR count). The van der Waals surface area contributed by atoms with Crippen molar-refractivity contribution in [3.05, 3.63) is 59.7 Å². The van der Waals surface area contributed by atoms with Gasteiger partial charge in [0.15, 0.2) is 5.78 Å². The lowest BCUT2D eigenvalue weighted by atomic mass is 9.46. The minimum absolute atomic E-state index is 0.0446. The van der Waals surface area contributed by atoms with Crippen molar-refractivity contribution in [2.45, 2.75) is 78.4 Å². The van der Waals surface area contributed by atoms with Gasteiger partial charge in [0.2, 0.25) is 0 Å². The SMILES string of the molecule is COC(=O)CC[C@@H](C)[C@H]1CC[C@H]2[C@@H]3[C@H](OCOCc4ccccc4)CC4=CC(=O)C=C[C@]4(C)[C@H]3CC[C@]12C. The first kappa shape index (κ1) is 27.3. The first-order chi connectivity index (χ1) is 18.3. The highest BCUT2D eigenvalue weighted by atomic mass is 16.7. The van der Waals surface area contributed by atoms with Crippen molar-refractivity contribution in [3.63, 3.8) is 0 Å². The van der Waals surface area contributed by atoms with Gasteiger partial charge in [-0.3, -0.25) is 9.59 Å². The third-order valence-corrected chi connectivity index (χ3v) is 10.8. The summed E-state index contributed by atoms with van der Waals surface area (Å²) < 4.78 is 17.5. The first-order valence-electron chi connectivity index (χ1n) is 14.5. The van der Waals surface area contributed by atoms with Gasteiger partial charge in [-0.05, 0) is 91.2 Å². The average Bonchev–Trinajstić information content (AvgIpc) is 3.28. The van der Waals surface area contributed by atoms with Gasteiger partial charge in [-0.25, -0.2) is 0 Å². The number of fused-ring (bicyclic) bond motifs is 5. The average molecular weight is 521 g/mol. The summed E-state index contributed by atoms with van der Waals surface area (Å²) in [5.41, 5.74) is 2.51. The highest BCUT2D eigenvalue weighted by Gasteiger charge is 2.61. The maximum atomic E-state index is 12.4. The Morgan fingerprint density at radius 3 is 2.66 bits per heavy atom. The Morgan fingerprint density at radius 1 is 1.11 bits per heavy atom. The van der Waals surface area contributed by atoms with Gasteiger partial charge in [0.1, 0.15) is 6.79 Å². The zero-order valence-electron chi connectivity index (χ0n) is 23.5. The fraction of sp³-hybridized carbons (Fsp3) is 0.636. The number of hydrogen-bond donors (Lipinski definition) is 0. The molecule has 5 heteroatoms. The summed E-state index contributed by atoms with van der Waals surface area (Å²) in [5, 5.41) is 0. The second-order valence-corrected chi connectivity index (χ2v) is 12.7. The van der Waals surface area contributed by atoms with E-state index in [1.165, 1.54) is 31.9 Å². The van der Waals surface area contributed by atoms with Crippen molar-refractivity contribution in [1.82, 2.24) is 0 Å². The van der Waals surface area contributed by atoms with Crippen LogP contribution in [0.3, 0.4) is 0 Å². The monoisotopic (exact) mass is 520 g/mol. The van der Waals surface area contributed by atoms with Crippen molar-refractivity contribution in [2.75, 3.05) is 13.9 Å². The molecule has 206 valence electrons. The smallest absolute Gasteiger partial charge is 0.305 e. The van der Waals surface area contributed by atoms with Gasteiger partial charge < -0.3 is 14.2 Å². The van der Waals surface area contributed by atoms with E-state index >= 15 is 0 Å². The third kappa shape index (κ3) is 5.04. The Morgan fingerprint density at radius 2 is 1.89 bits per heavy atom. The Kier molecular flexibility index (Phi) is 7.98. The van der Waals surface area contributed by atoms with E-state index in [4.69, 9.17) is 14.2 Å². The standard InChI is InChI=1S/C33H44O5/c1-22(10-13-30(35)36-4)26-11-12-27-31-28(15-17-33(26,27)3)32(2)16-14-25(34)18-24(32)19-29(31)38-21-37-20-23-8-6-5-7-9-23/h5-9,14,16,18,22,26-29,31H,10-13,15,17,19-21H2,1-4H3/t22-,26-,27+,28+,29-,31+,32+,33-/m1/s1. The second kappa shape index (κ2) is 11.1. The predicted molar refractivity (Wildman–Crippen MR) is 147 cm³/mol. The van der Waals surface area contributed by atoms with Crippen LogP contribution in [0.25, 0.3) is 0 Å². The number of rotatable bonds is 9. The van der Waals surface area contributed by atoms with Gasteiger partial charge in [-0.1, -0.05) is 62.8 Å². The van der Waals surface area contributed by atoms with Gasteiger partial charge >= 0.3 is 5.97 Å². The molecule has 3 saturated carbocycles. The molecule has 4 aliphatic rings. The summed E-state index contributed by atoms with van der Waals surface area (Å²) in [6, 6.07) is 10.2. The van der Waals surface area contributed by atoms with Crippen LogP contribution in [0.15, 0.2) is 54.1 Å². The first-order valence-corrected chi connectivity index (χ1v) is 14.5. The second-order valence-electron chi connectivity index (χ2n) is 12.7. The fourth-order valence-corrected chi connectivity index (χ4v) is 8.81. The fourth-order valence-electron chi connectivity index (χ4n) is 8.81. The molecule has 3 fully saturated rings. The van der Waals surface area contributed by atoms with E-state index in [2.05, 4.69) is 39.0 Å². The molecule has 1 aromatic carbocycles. The normalized spacial score (nSPS) is 36.6. The van der Waals surface area contributed by atoms with E-state index in [1.807, 2.05) is 24.3 Å². The number of ether oxygens (including phenoxy) is 3. The zero-order chi connectivity index (χ0) is 26.9. The number of methoxy groups -OCH3 is 1. The Balaban J connectivity index is 1.35. The summed E-state index contributed by atoms with van der Waals surface area (Å²) >= 11 is 0. The van der Waals surface area contributed by atoms with Gasteiger partial charge in [0, 0.05) is 11.8 Å². The molecular formula is C33H44O5. The number of carbonyl (C=O) groups excluding carboxylic acids is 2. The largest absolute Gasteiger partial charge is 0.469 e. The minimum atomic E-state index is -0.109. The van der Waals surface area contributed by atoms with E-state index in [1.54, 1.807) is 6.08 Å². The Labute approximate surface area is 228 Å². The molecule has 0 amide bonds. The van der Waals surface area contributed by atoms with Gasteiger partial charge in [0.25, 0.3) is 0 Å². The molecule has 0 radical (unpaired) electrons. The third-order valence-electron chi connectivity index (χ3n) is 10.8. The van der Waals surface area contributed by atoms with Crippen molar-refractivity contribution in [1.29, 1.82) is 0 Å². The lowest BCUT2D eigenvalue weighted by molar-refractivity contribution is -0.167. The van der Waals surface area contributed by atoms with Crippen molar-refractivity contribution >= 4 is 11.8 Å². The highest BCUT2D eigenvalue weighted by Crippen LogP contribution is 2.67. The van der Waals surface area contributed by atoms with E-state index in [9.17, 15) is 9.59 Å². The molecule has 4 aliphatic carbocycles. The minimum Gasteiger partial charge on any atom is -0.469 e. The molecule has 0 bridgehead atoms. The molecule has 38 heavy (non-hydrogen) atoms. The molecule has 5 nitrogen and oxygen atoms in total. The van der Waals surface area contributed by atoms with E-state index in [0.29, 0.717) is 42.6 Å². The summed E-state index contributed by atoms with van der Waals surface area (Å²) in [6.07, 6.45) is 12.8. The summed E-state index contributed by atoms with van der Waals surface area (Å²) in [6.45, 7) is 7.98. The molecule has 0 heterocycles. The lowest BCUT2D eigenvalue weighted by Crippen LogP contribution is -2.55. The van der Waals surface area contributed by atoms with Gasteiger partial charge in [-0.2, -0.15) is 0 Å². The maximum absolute atomic E-state index is 12.4. The van der Waals surface area contributed by atoms with Crippen molar-refractivity contribution in [2.24, 2.45) is 40.4 Å². The molecule has 0 saturated heterocycles. The van der Waals surface area contributed by atoms with Gasteiger partial charge in [0.05, 0.1) is 19.8 Å². The molecule has 0 aliphatic heterocycles. The lowest BCUT2D eigenvalue weighted by Gasteiger charge is -2.59. The maximum Gasteiger partial charge on any atom is 0.305 e. The molecule has 0 unspecified atom stereocenters. The Hall–Kier alpha value is -2.24. The number of hydrogen-bond acceptors (Lipinski definition) is 5. The van der Waals surface area contributed by atoms with Crippen LogP contribution in [0.2, 0.25) is 0 Å². The molecule has 0 aromatic heterocycles. The Bertz CT molecular complexity index is 1080. The van der Waals surface area contributed by atoms with E-state index in [-0.39, 0.29) is 35.5 Å². The van der Waals surface area contributed by atoms with Crippen LogP contribution in [-0.4, -0.2) is 31.8 Å². The zero-order valence-corrected chi connectivity index (χ0v) is 23.5. The van der Waals surface area contributed by atoms with Crippen molar-refractivity contribution in [3.8, 4) is 0 Å². The molecule has 8 atom stereocenters. The number of esters is 1. The van der Waals surface area contributed by atoms with Gasteiger partial charge in [-0.15, -0.1) is 0 Å². The number of ketones is 1. The molecule has 0 N–H and O–H groups in total. The summed E-state index contributed by atoms with van der Waals surface area (Å²) in [4.78, 5) is 24.2. The van der Waals surface area contributed by atoms with Crippen LogP contribution >= 0.6 is 0 Å². The topological polar surface area (TPSA) is 61.8 Å². The van der Waals surface area contributed by atoms with Crippen LogP contribution < -0.4 is 0 Å². The van der Waals surface area contributed by atoms with E-state index in [0.717, 1.165) is 24.8 Å². The van der Waals surface area contributed by atoms with Crippen molar-refractivity contribution < 1.29 is 23.8 Å². The van der Waals surface area contributed by atoms with Crippen LogP contribution in [0, 0.1) is 40.4 Å². The number of benzene rings is 1. The predicted octanol–water partition coefficient (Wildman–Crippen LogP) is 6.67.